The second-order valence-corrected chi connectivity index (χ2v) is 5.96. The third-order valence-electron chi connectivity index (χ3n) is 3.58. The van der Waals surface area contributed by atoms with E-state index in [1.807, 2.05) is 61.5 Å². The summed E-state index contributed by atoms with van der Waals surface area (Å²) in [5, 5.41) is 0.680. The number of halogens is 1. The largest absolute Gasteiger partial charge is 0.494 e. The molecule has 0 unspecified atom stereocenters. The third-order valence-corrected chi connectivity index (χ3v) is 3.83. The van der Waals surface area contributed by atoms with Crippen LogP contribution in [0.25, 0.3) is 6.08 Å². The van der Waals surface area contributed by atoms with Crippen LogP contribution in [0.2, 0.25) is 5.02 Å². The molecule has 0 aromatic heterocycles. The molecule has 0 saturated heterocycles. The fourth-order valence-electron chi connectivity index (χ4n) is 2.07. The Morgan fingerprint density at radius 1 is 1.08 bits per heavy atom. The molecule has 0 bridgehead atoms. The molecule has 0 aliphatic rings. The molecule has 0 saturated carbocycles. The summed E-state index contributed by atoms with van der Waals surface area (Å²) in [6.45, 7) is 2.42. The van der Waals surface area contributed by atoms with Crippen LogP contribution in [-0.4, -0.2) is 12.4 Å². The predicted octanol–water partition coefficient (Wildman–Crippen LogP) is 5.58. The van der Waals surface area contributed by atoms with Crippen LogP contribution in [0.3, 0.4) is 0 Å². The van der Waals surface area contributed by atoms with E-state index in [0.29, 0.717) is 18.1 Å². The summed E-state index contributed by atoms with van der Waals surface area (Å²) >= 11 is 5.82. The van der Waals surface area contributed by atoms with Crippen LogP contribution in [0.15, 0.2) is 72.8 Å². The van der Waals surface area contributed by atoms with E-state index in [9.17, 15) is 4.79 Å². The van der Waals surface area contributed by atoms with Gasteiger partial charge in [-0.25, -0.2) is 0 Å². The van der Waals surface area contributed by atoms with Gasteiger partial charge in [0.1, 0.15) is 5.75 Å². The van der Waals surface area contributed by atoms with E-state index in [1.165, 1.54) is 0 Å². The summed E-state index contributed by atoms with van der Waals surface area (Å²) in [7, 11) is 0. The lowest BCUT2D eigenvalue weighted by molar-refractivity contribution is -0.118. The number of carbonyl (C=O) groups is 1. The summed E-state index contributed by atoms with van der Waals surface area (Å²) in [5.74, 6) is 0.798. The van der Waals surface area contributed by atoms with Crippen LogP contribution in [-0.2, 0) is 4.79 Å². The van der Waals surface area contributed by atoms with E-state index in [4.69, 9.17) is 16.3 Å². The van der Waals surface area contributed by atoms with Gasteiger partial charge in [-0.1, -0.05) is 67.1 Å². The van der Waals surface area contributed by atoms with E-state index < -0.39 is 0 Å². The highest BCUT2D eigenvalue weighted by Crippen LogP contribution is 2.16. The Balaban J connectivity index is 1.72. The molecule has 1 atom stereocenters. The highest BCUT2D eigenvalue weighted by molar-refractivity contribution is 6.30. The molecule has 0 aliphatic carbocycles. The molecule has 124 valence electrons. The number of hydrogen-bond donors (Lipinski definition) is 0. The van der Waals surface area contributed by atoms with Crippen LogP contribution in [0.1, 0.15) is 18.9 Å². The molecule has 0 amide bonds. The minimum Gasteiger partial charge on any atom is -0.494 e. The summed E-state index contributed by atoms with van der Waals surface area (Å²) in [5.41, 5.74) is 1.11. The predicted molar refractivity (Wildman–Crippen MR) is 100 cm³/mol. The zero-order chi connectivity index (χ0) is 17.2. The van der Waals surface area contributed by atoms with E-state index in [-0.39, 0.29) is 11.7 Å². The second kappa shape index (κ2) is 9.74. The van der Waals surface area contributed by atoms with Gasteiger partial charge in [-0.2, -0.15) is 0 Å². The lowest BCUT2D eigenvalue weighted by Crippen LogP contribution is -2.12. The van der Waals surface area contributed by atoms with Crippen molar-refractivity contribution >= 4 is 23.5 Å². The van der Waals surface area contributed by atoms with Crippen molar-refractivity contribution < 1.29 is 9.53 Å². The number of rotatable bonds is 8. The first-order chi connectivity index (χ1) is 11.6. The number of hydrogen-bond acceptors (Lipinski definition) is 2. The van der Waals surface area contributed by atoms with Crippen molar-refractivity contribution in [2.75, 3.05) is 6.61 Å². The number of allylic oxidation sites excluding steroid dienone is 3. The monoisotopic (exact) mass is 340 g/mol. The molecule has 0 N–H and O–H groups in total. The van der Waals surface area contributed by atoms with Gasteiger partial charge in [-0.3, -0.25) is 4.79 Å². The molecule has 0 heterocycles. The SMILES string of the molecule is C[C@@H](CCOc1ccc(Cl)cc1)C(=O)/C=C/C=C/c1ccccc1. The fourth-order valence-corrected chi connectivity index (χ4v) is 2.20. The quantitative estimate of drug-likeness (QED) is 0.463. The van der Waals surface area contributed by atoms with E-state index in [0.717, 1.165) is 11.3 Å². The molecule has 0 aliphatic heterocycles. The molecule has 2 rings (SSSR count). The van der Waals surface area contributed by atoms with Crippen LogP contribution in [0.5, 0.6) is 5.75 Å². The van der Waals surface area contributed by atoms with Gasteiger partial charge in [0.15, 0.2) is 5.78 Å². The molecular weight excluding hydrogens is 320 g/mol. The Bertz CT molecular complexity index is 688. The van der Waals surface area contributed by atoms with Gasteiger partial charge in [0.25, 0.3) is 0 Å². The molecule has 24 heavy (non-hydrogen) atoms. The molecular formula is C21H21ClO2. The molecule has 0 radical (unpaired) electrons. The molecule has 2 aromatic carbocycles. The summed E-state index contributed by atoms with van der Waals surface area (Å²) in [6, 6.07) is 17.2. The smallest absolute Gasteiger partial charge is 0.158 e. The molecule has 0 spiro atoms. The number of benzene rings is 2. The normalized spacial score (nSPS) is 12.6. The Kier molecular flexibility index (Phi) is 7.31. The van der Waals surface area contributed by atoms with Crippen molar-refractivity contribution in [3.8, 4) is 5.75 Å². The first-order valence-electron chi connectivity index (χ1n) is 7.97. The minimum absolute atomic E-state index is 0.0707. The van der Waals surface area contributed by atoms with Gasteiger partial charge in [0, 0.05) is 10.9 Å². The van der Waals surface area contributed by atoms with E-state index >= 15 is 0 Å². The van der Waals surface area contributed by atoms with Gasteiger partial charge < -0.3 is 4.74 Å². The topological polar surface area (TPSA) is 26.3 Å². The molecule has 3 heteroatoms. The minimum atomic E-state index is -0.0707. The maximum atomic E-state index is 12.0. The van der Waals surface area contributed by atoms with Crippen LogP contribution in [0, 0.1) is 5.92 Å². The van der Waals surface area contributed by atoms with Gasteiger partial charge in [-0.15, -0.1) is 0 Å². The zero-order valence-electron chi connectivity index (χ0n) is 13.7. The lowest BCUT2D eigenvalue weighted by Gasteiger charge is -2.09. The molecule has 0 fully saturated rings. The van der Waals surface area contributed by atoms with Crippen LogP contribution in [0.4, 0.5) is 0 Å². The maximum absolute atomic E-state index is 12.0. The third kappa shape index (κ3) is 6.43. The Morgan fingerprint density at radius 2 is 1.79 bits per heavy atom. The van der Waals surface area contributed by atoms with Crippen molar-refractivity contribution in [3.63, 3.8) is 0 Å². The summed E-state index contributed by atoms with van der Waals surface area (Å²) < 4.78 is 5.62. The number of ketones is 1. The zero-order valence-corrected chi connectivity index (χ0v) is 14.4. The average molecular weight is 341 g/mol. The number of carbonyl (C=O) groups excluding carboxylic acids is 1. The van der Waals surface area contributed by atoms with Gasteiger partial charge >= 0.3 is 0 Å². The van der Waals surface area contributed by atoms with Crippen molar-refractivity contribution in [1.82, 2.24) is 0 Å². The lowest BCUT2D eigenvalue weighted by atomic mass is 10.0. The number of ether oxygens (including phenoxy) is 1. The van der Waals surface area contributed by atoms with Crippen molar-refractivity contribution in [3.05, 3.63) is 83.4 Å². The Labute approximate surface area is 148 Å². The first kappa shape index (κ1) is 18.0. The fraction of sp³-hybridized carbons (Fsp3) is 0.190. The van der Waals surface area contributed by atoms with Crippen molar-refractivity contribution in [2.24, 2.45) is 5.92 Å². The molecule has 2 aromatic rings. The van der Waals surface area contributed by atoms with Gasteiger partial charge in [0.2, 0.25) is 0 Å². The van der Waals surface area contributed by atoms with Crippen LogP contribution < -0.4 is 4.74 Å². The van der Waals surface area contributed by atoms with Crippen molar-refractivity contribution in [1.29, 1.82) is 0 Å². The van der Waals surface area contributed by atoms with Gasteiger partial charge in [-0.05, 0) is 42.3 Å². The van der Waals surface area contributed by atoms with Gasteiger partial charge in [0.05, 0.1) is 6.61 Å². The van der Waals surface area contributed by atoms with Crippen molar-refractivity contribution in [2.45, 2.75) is 13.3 Å². The standard InChI is InChI=1S/C21H21ClO2/c1-17(15-16-24-20-13-11-19(22)12-14-20)21(23)10-6-5-9-18-7-3-2-4-8-18/h2-14,17H,15-16H2,1H3/b9-5+,10-6+/t17-/m0/s1. The molecule has 2 nitrogen and oxygen atoms in total. The maximum Gasteiger partial charge on any atom is 0.158 e. The first-order valence-corrected chi connectivity index (χ1v) is 8.35. The summed E-state index contributed by atoms with van der Waals surface area (Å²) in [4.78, 5) is 12.0. The average Bonchev–Trinajstić information content (AvgIpc) is 2.61. The Morgan fingerprint density at radius 3 is 2.50 bits per heavy atom. The highest BCUT2D eigenvalue weighted by Gasteiger charge is 2.09. The highest BCUT2D eigenvalue weighted by atomic mass is 35.5. The van der Waals surface area contributed by atoms with E-state index in [2.05, 4.69) is 0 Å². The van der Waals surface area contributed by atoms with Crippen LogP contribution >= 0.6 is 11.6 Å². The second-order valence-electron chi connectivity index (χ2n) is 5.52. The van der Waals surface area contributed by atoms with E-state index in [1.54, 1.807) is 24.3 Å². The Hall–Kier alpha value is -2.32. The summed E-state index contributed by atoms with van der Waals surface area (Å²) in [6.07, 6.45) is 7.93.